The Morgan fingerprint density at radius 3 is 2.28 bits per heavy atom. The second kappa shape index (κ2) is 8.13. The SMILES string of the molecule is CCC(C)N(CCOC)C1(CN)CCCCCC1. The average molecular weight is 256 g/mol. The van der Waals surface area contributed by atoms with Gasteiger partial charge in [0.15, 0.2) is 0 Å². The number of hydrogen-bond acceptors (Lipinski definition) is 3. The average Bonchev–Trinajstić information content (AvgIpc) is 2.65. The minimum Gasteiger partial charge on any atom is -0.383 e. The van der Waals surface area contributed by atoms with E-state index in [1.165, 1.54) is 44.9 Å². The number of nitrogens with two attached hydrogens (primary N) is 1. The lowest BCUT2D eigenvalue weighted by Crippen LogP contribution is -2.57. The Morgan fingerprint density at radius 2 is 1.83 bits per heavy atom. The highest BCUT2D eigenvalue weighted by Gasteiger charge is 2.37. The molecule has 0 bridgehead atoms. The highest BCUT2D eigenvalue weighted by atomic mass is 16.5. The van der Waals surface area contributed by atoms with Gasteiger partial charge in [0.25, 0.3) is 0 Å². The van der Waals surface area contributed by atoms with Gasteiger partial charge < -0.3 is 10.5 Å². The predicted octanol–water partition coefficient (Wildman–Crippen LogP) is 2.79. The Balaban J connectivity index is 2.81. The van der Waals surface area contributed by atoms with Crippen LogP contribution in [0.15, 0.2) is 0 Å². The molecule has 0 aromatic carbocycles. The van der Waals surface area contributed by atoms with Gasteiger partial charge in [-0.05, 0) is 26.2 Å². The third-order valence-corrected chi connectivity index (χ3v) is 4.68. The van der Waals surface area contributed by atoms with Crippen LogP contribution in [0, 0.1) is 0 Å². The quantitative estimate of drug-likeness (QED) is 0.712. The summed E-state index contributed by atoms with van der Waals surface area (Å²) in [6, 6.07) is 0.599. The Labute approximate surface area is 113 Å². The van der Waals surface area contributed by atoms with E-state index in [4.69, 9.17) is 10.5 Å². The minimum absolute atomic E-state index is 0.227. The molecule has 1 aliphatic rings. The Hall–Kier alpha value is -0.120. The summed E-state index contributed by atoms with van der Waals surface area (Å²) in [4.78, 5) is 2.64. The van der Waals surface area contributed by atoms with Crippen LogP contribution < -0.4 is 5.73 Å². The lowest BCUT2D eigenvalue weighted by molar-refractivity contribution is 0.0171. The van der Waals surface area contributed by atoms with Gasteiger partial charge in [-0.3, -0.25) is 4.90 Å². The van der Waals surface area contributed by atoms with Crippen molar-refractivity contribution in [1.82, 2.24) is 4.90 Å². The first-order valence-corrected chi connectivity index (χ1v) is 7.66. The van der Waals surface area contributed by atoms with Crippen molar-refractivity contribution in [3.05, 3.63) is 0 Å². The van der Waals surface area contributed by atoms with Gasteiger partial charge in [-0.1, -0.05) is 32.6 Å². The highest BCUT2D eigenvalue weighted by Crippen LogP contribution is 2.33. The van der Waals surface area contributed by atoms with E-state index in [1.807, 2.05) is 0 Å². The molecule has 0 aromatic rings. The zero-order valence-electron chi connectivity index (χ0n) is 12.6. The normalized spacial score (nSPS) is 21.8. The van der Waals surface area contributed by atoms with Crippen LogP contribution in [-0.2, 0) is 4.74 Å². The molecular weight excluding hydrogens is 224 g/mol. The first kappa shape index (κ1) is 15.9. The van der Waals surface area contributed by atoms with Crippen LogP contribution in [0.3, 0.4) is 0 Å². The molecular formula is C15H32N2O. The molecule has 3 heteroatoms. The van der Waals surface area contributed by atoms with E-state index in [0.717, 1.165) is 19.7 Å². The van der Waals surface area contributed by atoms with E-state index in [0.29, 0.717) is 6.04 Å². The fraction of sp³-hybridized carbons (Fsp3) is 1.00. The van der Waals surface area contributed by atoms with Crippen molar-refractivity contribution >= 4 is 0 Å². The molecule has 0 radical (unpaired) electrons. The van der Waals surface area contributed by atoms with E-state index in [-0.39, 0.29) is 5.54 Å². The minimum atomic E-state index is 0.227. The first-order chi connectivity index (χ1) is 8.70. The van der Waals surface area contributed by atoms with Crippen molar-refractivity contribution in [3.8, 4) is 0 Å². The standard InChI is InChI=1S/C15H32N2O/c1-4-14(2)17(11-12-18-3)15(13-16)9-7-5-6-8-10-15/h14H,4-13,16H2,1-3H3. The van der Waals surface area contributed by atoms with Crippen molar-refractivity contribution in [3.63, 3.8) is 0 Å². The van der Waals surface area contributed by atoms with Gasteiger partial charge in [0.2, 0.25) is 0 Å². The number of methoxy groups -OCH3 is 1. The van der Waals surface area contributed by atoms with Crippen LogP contribution in [0.4, 0.5) is 0 Å². The van der Waals surface area contributed by atoms with Crippen molar-refractivity contribution in [2.45, 2.75) is 70.4 Å². The second-order valence-electron chi connectivity index (χ2n) is 5.79. The molecule has 1 saturated carbocycles. The molecule has 2 N–H and O–H groups in total. The Morgan fingerprint density at radius 1 is 1.22 bits per heavy atom. The summed E-state index contributed by atoms with van der Waals surface area (Å²) in [7, 11) is 1.79. The maximum absolute atomic E-state index is 6.19. The fourth-order valence-corrected chi connectivity index (χ4v) is 3.33. The lowest BCUT2D eigenvalue weighted by atomic mass is 9.86. The van der Waals surface area contributed by atoms with Gasteiger partial charge in [0.1, 0.15) is 0 Å². The van der Waals surface area contributed by atoms with Gasteiger partial charge in [0, 0.05) is 31.8 Å². The third kappa shape index (κ3) is 3.94. The molecule has 1 fully saturated rings. The molecule has 18 heavy (non-hydrogen) atoms. The van der Waals surface area contributed by atoms with Crippen molar-refractivity contribution in [2.24, 2.45) is 5.73 Å². The predicted molar refractivity (Wildman–Crippen MR) is 77.8 cm³/mol. The maximum Gasteiger partial charge on any atom is 0.0590 e. The fourth-order valence-electron chi connectivity index (χ4n) is 3.33. The van der Waals surface area contributed by atoms with E-state index < -0.39 is 0 Å². The monoisotopic (exact) mass is 256 g/mol. The topological polar surface area (TPSA) is 38.5 Å². The highest BCUT2D eigenvalue weighted by molar-refractivity contribution is 4.95. The third-order valence-electron chi connectivity index (χ3n) is 4.68. The Bertz CT molecular complexity index is 213. The smallest absolute Gasteiger partial charge is 0.0590 e. The van der Waals surface area contributed by atoms with Crippen LogP contribution >= 0.6 is 0 Å². The number of nitrogens with zero attached hydrogens (tertiary/aromatic N) is 1. The molecule has 0 spiro atoms. The molecule has 0 aromatic heterocycles. The zero-order valence-corrected chi connectivity index (χ0v) is 12.6. The molecule has 1 unspecified atom stereocenters. The van der Waals surface area contributed by atoms with Crippen LogP contribution in [0.1, 0.15) is 58.8 Å². The van der Waals surface area contributed by atoms with Crippen molar-refractivity contribution < 1.29 is 4.74 Å². The van der Waals surface area contributed by atoms with E-state index in [1.54, 1.807) is 7.11 Å². The zero-order chi connectivity index (χ0) is 13.4. The van der Waals surface area contributed by atoms with Crippen molar-refractivity contribution in [2.75, 3.05) is 26.8 Å². The van der Waals surface area contributed by atoms with Crippen LogP contribution in [-0.4, -0.2) is 43.3 Å². The first-order valence-electron chi connectivity index (χ1n) is 7.66. The van der Waals surface area contributed by atoms with Crippen LogP contribution in [0.2, 0.25) is 0 Å². The molecule has 1 atom stereocenters. The van der Waals surface area contributed by atoms with Gasteiger partial charge in [-0.15, -0.1) is 0 Å². The van der Waals surface area contributed by atoms with Crippen LogP contribution in [0.5, 0.6) is 0 Å². The van der Waals surface area contributed by atoms with E-state index >= 15 is 0 Å². The van der Waals surface area contributed by atoms with E-state index in [2.05, 4.69) is 18.7 Å². The summed E-state index contributed by atoms with van der Waals surface area (Å²) in [5.74, 6) is 0. The van der Waals surface area contributed by atoms with Gasteiger partial charge >= 0.3 is 0 Å². The summed E-state index contributed by atoms with van der Waals surface area (Å²) in [6.07, 6.45) is 9.12. The maximum atomic E-state index is 6.19. The largest absolute Gasteiger partial charge is 0.383 e. The molecule has 108 valence electrons. The summed E-state index contributed by atoms with van der Waals surface area (Å²) in [6.45, 7) is 7.22. The van der Waals surface area contributed by atoms with Gasteiger partial charge in [-0.2, -0.15) is 0 Å². The molecule has 0 heterocycles. The molecule has 3 nitrogen and oxygen atoms in total. The second-order valence-corrected chi connectivity index (χ2v) is 5.79. The summed E-state index contributed by atoms with van der Waals surface area (Å²) in [5.41, 5.74) is 6.42. The van der Waals surface area contributed by atoms with Gasteiger partial charge in [0.05, 0.1) is 6.61 Å². The molecule has 0 saturated heterocycles. The number of rotatable bonds is 7. The molecule has 1 rings (SSSR count). The van der Waals surface area contributed by atoms with Crippen molar-refractivity contribution in [1.29, 1.82) is 0 Å². The molecule has 0 amide bonds. The summed E-state index contributed by atoms with van der Waals surface area (Å²) in [5, 5.41) is 0. The van der Waals surface area contributed by atoms with Gasteiger partial charge in [-0.25, -0.2) is 0 Å². The lowest BCUT2D eigenvalue weighted by Gasteiger charge is -2.46. The summed E-state index contributed by atoms with van der Waals surface area (Å²) >= 11 is 0. The molecule has 1 aliphatic carbocycles. The number of ether oxygens (including phenoxy) is 1. The summed E-state index contributed by atoms with van der Waals surface area (Å²) < 4.78 is 5.30. The van der Waals surface area contributed by atoms with E-state index in [9.17, 15) is 0 Å². The molecule has 0 aliphatic heterocycles. The Kier molecular flexibility index (Phi) is 7.20. The number of hydrogen-bond donors (Lipinski definition) is 1. The van der Waals surface area contributed by atoms with Crippen LogP contribution in [0.25, 0.3) is 0 Å².